The fourth-order valence-corrected chi connectivity index (χ4v) is 4.04. The molecule has 24 heavy (non-hydrogen) atoms. The van der Waals surface area contributed by atoms with E-state index in [-0.39, 0.29) is 5.91 Å². The number of amides is 1. The molecule has 1 aromatic heterocycles. The van der Waals surface area contributed by atoms with Crippen LogP contribution < -0.4 is 10.2 Å². The van der Waals surface area contributed by atoms with Crippen molar-refractivity contribution in [2.75, 3.05) is 11.4 Å². The van der Waals surface area contributed by atoms with E-state index in [1.165, 1.54) is 44.9 Å². The Kier molecular flexibility index (Phi) is 6.05. The second-order valence-electron chi connectivity index (χ2n) is 7.17. The van der Waals surface area contributed by atoms with E-state index < -0.39 is 0 Å². The third-order valence-corrected chi connectivity index (χ3v) is 5.47. The van der Waals surface area contributed by atoms with Crippen LogP contribution in [-0.4, -0.2) is 34.5 Å². The van der Waals surface area contributed by atoms with Gasteiger partial charge in [-0.05, 0) is 38.5 Å². The largest absolute Gasteiger partial charge is 0.354 e. The van der Waals surface area contributed by atoms with Gasteiger partial charge in [-0.2, -0.15) is 0 Å². The summed E-state index contributed by atoms with van der Waals surface area (Å²) in [5.41, 5.74) is 0.504. The Morgan fingerprint density at radius 2 is 1.88 bits per heavy atom. The first-order chi connectivity index (χ1) is 11.8. The molecule has 1 aliphatic heterocycles. The summed E-state index contributed by atoms with van der Waals surface area (Å²) in [5.74, 6) is 0.859. The van der Waals surface area contributed by atoms with Gasteiger partial charge in [-0.3, -0.25) is 4.79 Å². The monoisotopic (exact) mass is 330 g/mol. The van der Waals surface area contributed by atoms with E-state index in [2.05, 4.69) is 27.1 Å². The van der Waals surface area contributed by atoms with Crippen LogP contribution >= 0.6 is 0 Å². The van der Waals surface area contributed by atoms with Crippen molar-refractivity contribution in [3.8, 4) is 0 Å². The molecule has 2 fully saturated rings. The Bertz CT molecular complexity index is 540. The number of hydrogen-bond donors (Lipinski definition) is 1. The number of rotatable bonds is 4. The number of aromatic nitrogens is 2. The lowest BCUT2D eigenvalue weighted by atomic mass is 10.00. The molecule has 1 amide bonds. The van der Waals surface area contributed by atoms with E-state index in [1.54, 1.807) is 6.33 Å². The van der Waals surface area contributed by atoms with E-state index in [4.69, 9.17) is 0 Å². The molecule has 5 nitrogen and oxygen atoms in total. The maximum Gasteiger partial charge on any atom is 0.270 e. The highest BCUT2D eigenvalue weighted by atomic mass is 16.1. The van der Waals surface area contributed by atoms with Crippen molar-refractivity contribution < 1.29 is 4.79 Å². The van der Waals surface area contributed by atoms with Gasteiger partial charge in [0.25, 0.3) is 5.91 Å². The second-order valence-corrected chi connectivity index (χ2v) is 7.17. The first kappa shape index (κ1) is 17.2. The maximum atomic E-state index is 12.6. The quantitative estimate of drug-likeness (QED) is 0.855. The fraction of sp³-hybridized carbons (Fsp3) is 0.737. The first-order valence-electron chi connectivity index (χ1n) is 9.67. The van der Waals surface area contributed by atoms with Crippen LogP contribution in [0.3, 0.4) is 0 Å². The molecule has 0 spiro atoms. The summed E-state index contributed by atoms with van der Waals surface area (Å²) in [6.45, 7) is 3.25. The Morgan fingerprint density at radius 3 is 2.62 bits per heavy atom. The third kappa shape index (κ3) is 4.25. The van der Waals surface area contributed by atoms with Crippen LogP contribution in [0.15, 0.2) is 12.4 Å². The predicted octanol–water partition coefficient (Wildman–Crippen LogP) is 3.70. The van der Waals surface area contributed by atoms with Crippen LogP contribution in [0, 0.1) is 0 Å². The summed E-state index contributed by atoms with van der Waals surface area (Å²) in [4.78, 5) is 23.6. The van der Waals surface area contributed by atoms with Crippen molar-refractivity contribution in [2.45, 2.75) is 83.2 Å². The van der Waals surface area contributed by atoms with E-state index in [1.807, 2.05) is 6.07 Å². The summed E-state index contributed by atoms with van der Waals surface area (Å²) in [5, 5.41) is 3.18. The van der Waals surface area contributed by atoms with Gasteiger partial charge in [0.15, 0.2) is 0 Å². The molecule has 1 unspecified atom stereocenters. The highest BCUT2D eigenvalue weighted by Crippen LogP contribution is 2.25. The molecule has 0 bridgehead atoms. The van der Waals surface area contributed by atoms with Crippen LogP contribution in [0.2, 0.25) is 0 Å². The maximum absolute atomic E-state index is 12.6. The number of anilines is 1. The summed E-state index contributed by atoms with van der Waals surface area (Å²) in [6.07, 6.45) is 13.5. The molecule has 3 rings (SSSR count). The lowest BCUT2D eigenvalue weighted by molar-refractivity contribution is 0.0928. The van der Waals surface area contributed by atoms with Gasteiger partial charge in [-0.1, -0.05) is 32.6 Å². The standard InChI is InChI=1S/C19H30N4O/c1-2-16-11-7-8-12-23(16)18-13-17(20-14-21-18)19(24)22-15-9-5-3-4-6-10-15/h13-16H,2-12H2,1H3,(H,22,24). The fourth-order valence-electron chi connectivity index (χ4n) is 4.04. The lowest BCUT2D eigenvalue weighted by Gasteiger charge is -2.36. The number of carbonyl (C=O) groups is 1. The molecule has 132 valence electrons. The van der Waals surface area contributed by atoms with Gasteiger partial charge >= 0.3 is 0 Å². The molecule has 5 heteroatoms. The molecule has 0 aromatic carbocycles. The number of hydrogen-bond acceptors (Lipinski definition) is 4. The Labute approximate surface area is 145 Å². The first-order valence-corrected chi connectivity index (χ1v) is 9.67. The minimum atomic E-state index is -0.0457. The van der Waals surface area contributed by atoms with E-state index in [0.717, 1.165) is 31.6 Å². The molecule has 1 N–H and O–H groups in total. The highest BCUT2D eigenvalue weighted by Gasteiger charge is 2.23. The minimum Gasteiger partial charge on any atom is -0.354 e. The van der Waals surface area contributed by atoms with Crippen LogP contribution in [0.5, 0.6) is 0 Å². The number of carbonyl (C=O) groups excluding carboxylic acids is 1. The van der Waals surface area contributed by atoms with Gasteiger partial charge in [-0.15, -0.1) is 0 Å². The van der Waals surface area contributed by atoms with Crippen LogP contribution in [-0.2, 0) is 0 Å². The number of nitrogens with one attached hydrogen (secondary N) is 1. The van der Waals surface area contributed by atoms with Crippen molar-refractivity contribution in [1.82, 2.24) is 15.3 Å². The SMILES string of the molecule is CCC1CCCCN1c1cc(C(=O)NC2CCCCCC2)ncn1. The van der Waals surface area contributed by atoms with Gasteiger partial charge in [0.05, 0.1) is 0 Å². The summed E-state index contributed by atoms with van der Waals surface area (Å²) in [6, 6.07) is 2.71. The molecule has 2 heterocycles. The van der Waals surface area contributed by atoms with Crippen LogP contribution in [0.25, 0.3) is 0 Å². The third-order valence-electron chi connectivity index (χ3n) is 5.47. The zero-order chi connectivity index (χ0) is 16.8. The number of piperidine rings is 1. The Morgan fingerprint density at radius 1 is 1.12 bits per heavy atom. The summed E-state index contributed by atoms with van der Waals surface area (Å²) in [7, 11) is 0. The topological polar surface area (TPSA) is 58.1 Å². The molecule has 1 aliphatic carbocycles. The average Bonchev–Trinajstić information content (AvgIpc) is 2.90. The van der Waals surface area contributed by atoms with Crippen molar-refractivity contribution in [3.63, 3.8) is 0 Å². The molecular formula is C19H30N4O. The molecule has 1 saturated heterocycles. The Hall–Kier alpha value is -1.65. The van der Waals surface area contributed by atoms with Crippen LogP contribution in [0.4, 0.5) is 5.82 Å². The highest BCUT2D eigenvalue weighted by molar-refractivity contribution is 5.93. The number of nitrogens with zero attached hydrogens (tertiary/aromatic N) is 3. The molecular weight excluding hydrogens is 300 g/mol. The van der Waals surface area contributed by atoms with E-state index in [9.17, 15) is 4.79 Å². The van der Waals surface area contributed by atoms with Gasteiger partial charge in [0.1, 0.15) is 17.8 Å². The lowest BCUT2D eigenvalue weighted by Crippen LogP contribution is -2.40. The van der Waals surface area contributed by atoms with Gasteiger partial charge < -0.3 is 10.2 Å². The summed E-state index contributed by atoms with van der Waals surface area (Å²) < 4.78 is 0. The molecule has 1 aromatic rings. The molecule has 0 radical (unpaired) electrons. The normalized spacial score (nSPS) is 22.9. The van der Waals surface area contributed by atoms with E-state index in [0.29, 0.717) is 17.8 Å². The smallest absolute Gasteiger partial charge is 0.270 e. The summed E-state index contributed by atoms with van der Waals surface area (Å²) >= 11 is 0. The molecule has 2 aliphatic rings. The van der Waals surface area contributed by atoms with Gasteiger partial charge in [0, 0.05) is 24.7 Å². The minimum absolute atomic E-state index is 0.0457. The van der Waals surface area contributed by atoms with Crippen molar-refractivity contribution in [1.29, 1.82) is 0 Å². The Balaban J connectivity index is 1.68. The van der Waals surface area contributed by atoms with Gasteiger partial charge in [-0.25, -0.2) is 9.97 Å². The second kappa shape index (κ2) is 8.45. The van der Waals surface area contributed by atoms with Crippen LogP contribution in [0.1, 0.15) is 81.6 Å². The zero-order valence-corrected chi connectivity index (χ0v) is 14.8. The van der Waals surface area contributed by atoms with Crippen molar-refractivity contribution >= 4 is 11.7 Å². The predicted molar refractivity (Wildman–Crippen MR) is 96.3 cm³/mol. The van der Waals surface area contributed by atoms with Crippen molar-refractivity contribution in [3.05, 3.63) is 18.1 Å². The van der Waals surface area contributed by atoms with Crippen molar-refractivity contribution in [2.24, 2.45) is 0 Å². The average molecular weight is 330 g/mol. The molecule has 1 saturated carbocycles. The van der Waals surface area contributed by atoms with Gasteiger partial charge in [0.2, 0.25) is 0 Å². The molecule has 1 atom stereocenters. The zero-order valence-electron chi connectivity index (χ0n) is 14.8. The van der Waals surface area contributed by atoms with E-state index >= 15 is 0 Å².